The van der Waals surface area contributed by atoms with Gasteiger partial charge in [0.2, 0.25) is 21.7 Å². The summed E-state index contributed by atoms with van der Waals surface area (Å²) in [6, 6.07) is 11.3. The Balaban J connectivity index is 1.85. The van der Waals surface area contributed by atoms with Gasteiger partial charge in [-0.2, -0.15) is 9.29 Å². The Hall–Kier alpha value is -2.75. The Labute approximate surface area is 173 Å². The molecule has 0 aliphatic rings. The van der Waals surface area contributed by atoms with Crippen molar-refractivity contribution in [2.45, 2.75) is 18.4 Å². The molecule has 3 rings (SSSR count). The summed E-state index contributed by atoms with van der Waals surface area (Å²) in [4.78, 5) is 16.0. The molecule has 0 amide bonds. The Morgan fingerprint density at radius 2 is 1.97 bits per heavy atom. The van der Waals surface area contributed by atoms with Crippen molar-refractivity contribution in [3.05, 3.63) is 64.5 Å². The number of hydrogen-bond donors (Lipinski definition) is 0. The topological polar surface area (TPSA) is 103 Å². The van der Waals surface area contributed by atoms with Crippen molar-refractivity contribution in [2.75, 3.05) is 14.2 Å². The van der Waals surface area contributed by atoms with Crippen LogP contribution in [-0.2, 0) is 21.3 Å². The zero-order valence-corrected chi connectivity index (χ0v) is 17.5. The average molecular weight is 436 g/mol. The van der Waals surface area contributed by atoms with E-state index in [2.05, 4.69) is 14.9 Å². The van der Waals surface area contributed by atoms with E-state index in [-0.39, 0.29) is 27.9 Å². The summed E-state index contributed by atoms with van der Waals surface area (Å²) in [6.45, 7) is 1.78. The number of aromatic nitrogens is 2. The highest BCUT2D eigenvalue weighted by atomic mass is 35.5. The van der Waals surface area contributed by atoms with Gasteiger partial charge in [0.15, 0.2) is 0 Å². The predicted octanol–water partition coefficient (Wildman–Crippen LogP) is 3.31. The molecule has 0 aliphatic heterocycles. The summed E-state index contributed by atoms with van der Waals surface area (Å²) in [7, 11) is -1.38. The van der Waals surface area contributed by atoms with E-state index in [1.165, 1.54) is 32.4 Å². The summed E-state index contributed by atoms with van der Waals surface area (Å²) in [6.07, 6.45) is 0. The average Bonchev–Trinajstić information content (AvgIpc) is 3.16. The fourth-order valence-electron chi connectivity index (χ4n) is 2.64. The number of carbonyl (C=O) groups excluding carboxylic acids is 1. The van der Waals surface area contributed by atoms with Gasteiger partial charge in [0, 0.05) is 12.6 Å². The van der Waals surface area contributed by atoms with E-state index in [0.29, 0.717) is 5.82 Å². The van der Waals surface area contributed by atoms with Crippen molar-refractivity contribution >= 4 is 27.6 Å². The van der Waals surface area contributed by atoms with Gasteiger partial charge in [-0.05, 0) is 30.7 Å². The van der Waals surface area contributed by atoms with E-state index in [9.17, 15) is 13.2 Å². The summed E-state index contributed by atoms with van der Waals surface area (Å²) in [5, 5.41) is 4.02. The van der Waals surface area contributed by atoms with Gasteiger partial charge in [-0.25, -0.2) is 13.2 Å². The van der Waals surface area contributed by atoms with Crippen molar-refractivity contribution in [3.8, 4) is 11.4 Å². The van der Waals surface area contributed by atoms with Gasteiger partial charge in [-0.1, -0.05) is 41.0 Å². The lowest BCUT2D eigenvalue weighted by Gasteiger charge is -2.16. The second-order valence-corrected chi connectivity index (χ2v) is 8.67. The minimum Gasteiger partial charge on any atom is -0.465 e. The van der Waals surface area contributed by atoms with Gasteiger partial charge in [0.1, 0.15) is 0 Å². The summed E-state index contributed by atoms with van der Waals surface area (Å²) in [5.74, 6) is -0.214. The Kier molecular flexibility index (Phi) is 6.02. The molecular formula is C19H18ClN3O5S. The predicted molar refractivity (Wildman–Crippen MR) is 106 cm³/mol. The zero-order valence-electron chi connectivity index (χ0n) is 15.9. The van der Waals surface area contributed by atoms with Crippen molar-refractivity contribution in [3.63, 3.8) is 0 Å². The van der Waals surface area contributed by atoms with Gasteiger partial charge in [0.05, 0.1) is 29.1 Å². The Bertz CT molecular complexity index is 1160. The minimum atomic E-state index is -3.94. The molecule has 1 aromatic heterocycles. The van der Waals surface area contributed by atoms with Crippen molar-refractivity contribution in [2.24, 2.45) is 0 Å². The number of carbonyl (C=O) groups is 1. The second-order valence-electron chi connectivity index (χ2n) is 6.22. The smallest absolute Gasteiger partial charge is 0.339 e. The third kappa shape index (κ3) is 4.31. The van der Waals surface area contributed by atoms with Crippen LogP contribution in [0.1, 0.15) is 21.8 Å². The standard InChI is InChI=1S/C19H18ClN3O5S/c1-12-6-4-5-7-14(12)18-21-17(28-22-18)11-23(2)29(25,26)13-8-9-16(20)15(10-13)19(24)27-3/h4-10H,11H2,1-3H3. The maximum Gasteiger partial charge on any atom is 0.339 e. The van der Waals surface area contributed by atoms with Crippen LogP contribution in [0.4, 0.5) is 0 Å². The number of rotatable bonds is 6. The highest BCUT2D eigenvalue weighted by Gasteiger charge is 2.25. The number of methoxy groups -OCH3 is 1. The first-order valence-electron chi connectivity index (χ1n) is 8.47. The van der Waals surface area contributed by atoms with Crippen LogP contribution in [0.25, 0.3) is 11.4 Å². The van der Waals surface area contributed by atoms with E-state index < -0.39 is 16.0 Å². The number of hydrogen-bond acceptors (Lipinski definition) is 7. The first-order chi connectivity index (χ1) is 13.7. The van der Waals surface area contributed by atoms with E-state index in [1.807, 2.05) is 31.2 Å². The molecule has 3 aromatic rings. The van der Waals surface area contributed by atoms with Gasteiger partial charge >= 0.3 is 5.97 Å². The first kappa shape index (κ1) is 21.0. The molecule has 0 radical (unpaired) electrons. The number of halogens is 1. The lowest BCUT2D eigenvalue weighted by atomic mass is 10.1. The van der Waals surface area contributed by atoms with E-state index in [1.54, 1.807) is 0 Å². The van der Waals surface area contributed by atoms with Crippen molar-refractivity contribution in [1.29, 1.82) is 0 Å². The molecule has 0 saturated heterocycles. The normalized spacial score (nSPS) is 11.6. The molecule has 0 fully saturated rings. The molecular weight excluding hydrogens is 418 g/mol. The molecule has 2 aromatic carbocycles. The van der Waals surface area contributed by atoms with Crippen molar-refractivity contribution < 1.29 is 22.5 Å². The van der Waals surface area contributed by atoms with Crippen LogP contribution in [0.3, 0.4) is 0 Å². The molecule has 29 heavy (non-hydrogen) atoms. The molecule has 0 aliphatic carbocycles. The third-order valence-electron chi connectivity index (χ3n) is 4.26. The maximum absolute atomic E-state index is 12.9. The van der Waals surface area contributed by atoms with Crippen LogP contribution < -0.4 is 0 Å². The van der Waals surface area contributed by atoms with Crippen LogP contribution in [0.2, 0.25) is 5.02 Å². The molecule has 1 heterocycles. The molecule has 0 bridgehead atoms. The number of esters is 1. The summed E-state index contributed by atoms with van der Waals surface area (Å²) in [5.41, 5.74) is 1.73. The quantitative estimate of drug-likeness (QED) is 0.547. The fraction of sp³-hybridized carbons (Fsp3) is 0.211. The number of benzene rings is 2. The SMILES string of the molecule is COC(=O)c1cc(S(=O)(=O)N(C)Cc2nc(-c3ccccc3C)no2)ccc1Cl. The molecule has 8 nitrogen and oxygen atoms in total. The van der Waals surface area contributed by atoms with Crippen LogP contribution in [0.5, 0.6) is 0 Å². The molecule has 0 unspecified atom stereocenters. The minimum absolute atomic E-state index is 0.0386. The van der Waals surface area contributed by atoms with Gasteiger partial charge < -0.3 is 9.26 Å². The molecule has 0 spiro atoms. The highest BCUT2D eigenvalue weighted by molar-refractivity contribution is 7.89. The van der Waals surface area contributed by atoms with Gasteiger partial charge in [-0.15, -0.1) is 0 Å². The Morgan fingerprint density at radius 1 is 1.24 bits per heavy atom. The second kappa shape index (κ2) is 8.32. The number of ether oxygens (including phenoxy) is 1. The van der Waals surface area contributed by atoms with E-state index >= 15 is 0 Å². The maximum atomic E-state index is 12.9. The number of nitrogens with zero attached hydrogens (tertiary/aromatic N) is 3. The molecule has 10 heteroatoms. The van der Waals surface area contributed by atoms with Gasteiger partial charge in [-0.3, -0.25) is 0 Å². The van der Waals surface area contributed by atoms with Crippen LogP contribution in [0.15, 0.2) is 51.9 Å². The molecule has 0 saturated carbocycles. The van der Waals surface area contributed by atoms with Crippen LogP contribution in [-0.4, -0.2) is 43.0 Å². The van der Waals surface area contributed by atoms with Crippen LogP contribution >= 0.6 is 11.6 Å². The molecule has 0 N–H and O–H groups in total. The summed E-state index contributed by atoms with van der Waals surface area (Å²) >= 11 is 5.96. The van der Waals surface area contributed by atoms with E-state index in [4.69, 9.17) is 16.1 Å². The fourth-order valence-corrected chi connectivity index (χ4v) is 3.98. The number of sulfonamides is 1. The van der Waals surface area contributed by atoms with Gasteiger partial charge in [0.25, 0.3) is 0 Å². The largest absolute Gasteiger partial charge is 0.465 e. The monoisotopic (exact) mass is 435 g/mol. The number of aryl methyl sites for hydroxylation is 1. The molecule has 152 valence electrons. The Morgan fingerprint density at radius 3 is 2.66 bits per heavy atom. The van der Waals surface area contributed by atoms with Crippen LogP contribution in [0, 0.1) is 6.92 Å². The lowest BCUT2D eigenvalue weighted by molar-refractivity contribution is 0.0600. The first-order valence-corrected chi connectivity index (χ1v) is 10.3. The highest BCUT2D eigenvalue weighted by Crippen LogP contribution is 2.25. The third-order valence-corrected chi connectivity index (χ3v) is 6.39. The molecule has 0 atom stereocenters. The lowest BCUT2D eigenvalue weighted by Crippen LogP contribution is -2.27. The van der Waals surface area contributed by atoms with E-state index in [0.717, 1.165) is 15.4 Å². The zero-order chi connectivity index (χ0) is 21.2. The van der Waals surface area contributed by atoms with Crippen molar-refractivity contribution in [1.82, 2.24) is 14.4 Å². The summed E-state index contributed by atoms with van der Waals surface area (Å²) < 4.78 is 36.7.